The van der Waals surface area contributed by atoms with E-state index in [4.69, 9.17) is 4.74 Å². The first kappa shape index (κ1) is 12.3. The second-order valence-electron chi connectivity index (χ2n) is 4.55. The summed E-state index contributed by atoms with van der Waals surface area (Å²) in [6.45, 7) is 6.15. The normalized spacial score (nSPS) is 17.1. The molecule has 1 aliphatic rings. The molecule has 0 saturated heterocycles. The molecule has 0 radical (unpaired) electrons. The van der Waals surface area contributed by atoms with Gasteiger partial charge in [-0.15, -0.1) is 0 Å². The molecule has 4 heteroatoms. The minimum atomic E-state index is -3.26. The first-order valence-electron chi connectivity index (χ1n) is 5.58. The number of hydrogen-bond acceptors (Lipinski definition) is 3. The average molecular weight is 252 g/mol. The van der Waals surface area contributed by atoms with Crippen LogP contribution in [0, 0.1) is 6.92 Å². The molecule has 1 aromatic carbocycles. The van der Waals surface area contributed by atoms with Crippen LogP contribution in [0.3, 0.4) is 0 Å². The summed E-state index contributed by atoms with van der Waals surface area (Å²) in [5, 5.41) is 1.32. The van der Waals surface area contributed by atoms with Gasteiger partial charge in [0, 0.05) is 5.41 Å². The van der Waals surface area contributed by atoms with E-state index in [1.54, 1.807) is 6.07 Å². The lowest BCUT2D eigenvalue weighted by Crippen LogP contribution is -2.04. The Morgan fingerprint density at radius 3 is 2.65 bits per heavy atom. The topological polar surface area (TPSA) is 43.4 Å². The van der Waals surface area contributed by atoms with Gasteiger partial charge in [0.1, 0.15) is 0 Å². The summed E-state index contributed by atoms with van der Waals surface area (Å²) >= 11 is 0. The molecule has 92 valence electrons. The highest BCUT2D eigenvalue weighted by Gasteiger charge is 2.26. The van der Waals surface area contributed by atoms with Gasteiger partial charge in [0.05, 0.1) is 17.6 Å². The van der Waals surface area contributed by atoms with Gasteiger partial charge in [-0.2, -0.15) is 0 Å². The fraction of sp³-hybridized carbons (Fsp3) is 0.385. The van der Waals surface area contributed by atoms with Gasteiger partial charge in [0.15, 0.2) is 0 Å². The molecule has 0 bridgehead atoms. The molecule has 1 heterocycles. The quantitative estimate of drug-likeness (QED) is 0.830. The summed E-state index contributed by atoms with van der Waals surface area (Å²) in [4.78, 5) is 0.394. The van der Waals surface area contributed by atoms with Gasteiger partial charge in [0.2, 0.25) is 9.84 Å². The van der Waals surface area contributed by atoms with E-state index in [1.165, 1.54) is 5.41 Å². The number of benzene rings is 1. The van der Waals surface area contributed by atoms with Crippen molar-refractivity contribution in [3.05, 3.63) is 34.7 Å². The van der Waals surface area contributed by atoms with Gasteiger partial charge >= 0.3 is 0 Å². The van der Waals surface area contributed by atoms with Gasteiger partial charge in [-0.3, -0.25) is 0 Å². The van der Waals surface area contributed by atoms with Crippen molar-refractivity contribution in [2.24, 2.45) is 0 Å². The van der Waals surface area contributed by atoms with E-state index in [1.807, 2.05) is 32.9 Å². The maximum atomic E-state index is 11.9. The molecule has 0 aliphatic carbocycles. The molecule has 0 fully saturated rings. The summed E-state index contributed by atoms with van der Waals surface area (Å²) in [7, 11) is -3.26. The van der Waals surface area contributed by atoms with Crippen molar-refractivity contribution in [1.82, 2.24) is 0 Å². The third-order valence-electron chi connectivity index (χ3n) is 2.66. The summed E-state index contributed by atoms with van der Waals surface area (Å²) < 4.78 is 29.3. The number of aryl methyl sites for hydroxylation is 1. The maximum absolute atomic E-state index is 11.9. The fourth-order valence-corrected chi connectivity index (χ4v) is 3.28. The minimum absolute atomic E-state index is 0.0902. The maximum Gasteiger partial charge on any atom is 0.200 e. The van der Waals surface area contributed by atoms with Crippen LogP contribution in [-0.4, -0.2) is 21.1 Å². The van der Waals surface area contributed by atoms with Gasteiger partial charge in [-0.25, -0.2) is 8.42 Å². The van der Waals surface area contributed by atoms with Crippen LogP contribution in [0.2, 0.25) is 0 Å². The van der Waals surface area contributed by atoms with Crippen molar-refractivity contribution in [1.29, 1.82) is 0 Å². The van der Waals surface area contributed by atoms with E-state index in [2.05, 4.69) is 0 Å². The Labute approximate surface area is 102 Å². The fourth-order valence-electron chi connectivity index (χ4n) is 1.83. The Morgan fingerprint density at radius 2 is 2.00 bits per heavy atom. The number of rotatable bonds is 3. The summed E-state index contributed by atoms with van der Waals surface area (Å²) in [5.74, 6) is 0. The lowest BCUT2D eigenvalue weighted by atomic mass is 10.1. The zero-order chi connectivity index (χ0) is 12.6. The lowest BCUT2D eigenvalue weighted by molar-refractivity contribution is 0.107. The Balaban J connectivity index is 2.41. The van der Waals surface area contributed by atoms with Crippen molar-refractivity contribution >= 4 is 15.4 Å². The van der Waals surface area contributed by atoms with Crippen molar-refractivity contribution < 1.29 is 13.2 Å². The standard InChI is InChI=1S/C13H16O3S/c1-9(2)16-7-11-8-17(14,15)13-5-4-10(3)6-12(11)13/h4-6,8-9H,7H2,1-3H3. The molecule has 0 amide bonds. The molecule has 0 unspecified atom stereocenters. The van der Waals surface area contributed by atoms with Crippen LogP contribution in [0.4, 0.5) is 0 Å². The van der Waals surface area contributed by atoms with Crippen LogP contribution in [0.15, 0.2) is 28.5 Å². The van der Waals surface area contributed by atoms with Gasteiger partial charge in [0.25, 0.3) is 0 Å². The molecule has 0 N–H and O–H groups in total. The zero-order valence-corrected chi connectivity index (χ0v) is 11.0. The van der Waals surface area contributed by atoms with Crippen LogP contribution in [0.1, 0.15) is 25.0 Å². The van der Waals surface area contributed by atoms with E-state index in [9.17, 15) is 8.42 Å². The molecule has 1 aromatic rings. The van der Waals surface area contributed by atoms with Crippen molar-refractivity contribution in [3.8, 4) is 0 Å². The highest BCUT2D eigenvalue weighted by molar-refractivity contribution is 7.95. The second kappa shape index (κ2) is 4.27. The van der Waals surface area contributed by atoms with Crippen molar-refractivity contribution in [2.75, 3.05) is 6.61 Å². The van der Waals surface area contributed by atoms with E-state index in [0.29, 0.717) is 11.5 Å². The van der Waals surface area contributed by atoms with Gasteiger partial charge in [-0.05, 0) is 38.0 Å². The van der Waals surface area contributed by atoms with Crippen LogP contribution in [0.5, 0.6) is 0 Å². The zero-order valence-electron chi connectivity index (χ0n) is 10.2. The van der Waals surface area contributed by atoms with Crippen LogP contribution < -0.4 is 0 Å². The first-order valence-corrected chi connectivity index (χ1v) is 7.13. The molecule has 0 atom stereocenters. The summed E-state index contributed by atoms with van der Waals surface area (Å²) in [5.41, 5.74) is 2.58. The molecule has 0 aromatic heterocycles. The molecule has 0 spiro atoms. The number of sulfone groups is 1. The van der Waals surface area contributed by atoms with Crippen molar-refractivity contribution in [2.45, 2.75) is 31.8 Å². The molecule has 2 rings (SSSR count). The van der Waals surface area contributed by atoms with E-state index >= 15 is 0 Å². The van der Waals surface area contributed by atoms with E-state index in [-0.39, 0.29) is 6.10 Å². The average Bonchev–Trinajstić information content (AvgIpc) is 2.47. The third-order valence-corrected chi connectivity index (χ3v) is 4.22. The Morgan fingerprint density at radius 1 is 1.29 bits per heavy atom. The number of hydrogen-bond donors (Lipinski definition) is 0. The first-order chi connectivity index (χ1) is 7.90. The van der Waals surface area contributed by atoms with E-state index in [0.717, 1.165) is 16.7 Å². The van der Waals surface area contributed by atoms with Crippen molar-refractivity contribution in [3.63, 3.8) is 0 Å². The lowest BCUT2D eigenvalue weighted by Gasteiger charge is -2.09. The molecular weight excluding hydrogens is 236 g/mol. The highest BCUT2D eigenvalue weighted by Crippen LogP contribution is 2.34. The van der Waals surface area contributed by atoms with Crippen LogP contribution >= 0.6 is 0 Å². The smallest absolute Gasteiger partial charge is 0.200 e. The predicted molar refractivity (Wildman–Crippen MR) is 67.4 cm³/mol. The van der Waals surface area contributed by atoms with Gasteiger partial charge in [-0.1, -0.05) is 17.7 Å². The highest BCUT2D eigenvalue weighted by atomic mass is 32.2. The third kappa shape index (κ3) is 2.42. The van der Waals surface area contributed by atoms with Crippen LogP contribution in [-0.2, 0) is 14.6 Å². The number of fused-ring (bicyclic) bond motifs is 1. The molecule has 0 saturated carbocycles. The molecule has 1 aliphatic heterocycles. The second-order valence-corrected chi connectivity index (χ2v) is 6.31. The Hall–Kier alpha value is -1.13. The molecule has 3 nitrogen and oxygen atoms in total. The predicted octanol–water partition coefficient (Wildman–Crippen LogP) is 2.55. The Bertz CT molecular complexity index is 568. The molecular formula is C13H16O3S. The monoisotopic (exact) mass is 252 g/mol. The summed E-state index contributed by atoms with van der Waals surface area (Å²) in [6, 6.07) is 5.38. The Kier molecular flexibility index (Phi) is 3.10. The largest absolute Gasteiger partial charge is 0.374 e. The SMILES string of the molecule is Cc1ccc2c(c1)C(COC(C)C)=CS2(=O)=O. The number of ether oxygens (including phenoxy) is 1. The molecule has 17 heavy (non-hydrogen) atoms. The van der Waals surface area contributed by atoms with E-state index < -0.39 is 9.84 Å². The summed E-state index contributed by atoms with van der Waals surface area (Å²) in [6.07, 6.45) is 0.0902. The van der Waals surface area contributed by atoms with Gasteiger partial charge < -0.3 is 4.74 Å². The van der Waals surface area contributed by atoms with Crippen LogP contribution in [0.25, 0.3) is 5.57 Å². The minimum Gasteiger partial charge on any atom is -0.374 e.